The number of hydrogen-bond donors (Lipinski definition) is 3. The maximum absolute atomic E-state index is 11.8. The van der Waals surface area contributed by atoms with Crippen molar-refractivity contribution in [2.45, 2.75) is 162 Å². The molecule has 0 aromatic heterocycles. The van der Waals surface area contributed by atoms with E-state index in [0.29, 0.717) is 81.5 Å². The number of rotatable bonds is 29. The van der Waals surface area contributed by atoms with Crippen molar-refractivity contribution in [2.75, 3.05) is 72.2 Å². The van der Waals surface area contributed by atoms with Crippen LogP contribution >= 0.6 is 0 Å². The van der Waals surface area contributed by atoms with E-state index in [1.54, 1.807) is 0 Å². The van der Waals surface area contributed by atoms with Crippen LogP contribution < -0.4 is 16.0 Å². The minimum Gasteiger partial charge on any atom is -0.444 e. The molecule has 0 radical (unpaired) electrons. The van der Waals surface area contributed by atoms with Gasteiger partial charge in [0.25, 0.3) is 0 Å². The lowest BCUT2D eigenvalue weighted by Crippen LogP contribution is -2.63. The molecule has 17 nitrogen and oxygen atoms in total. The number of nitrogens with zero attached hydrogens (tertiary/aromatic N) is 9. The van der Waals surface area contributed by atoms with Crippen LogP contribution in [0.4, 0.5) is 4.79 Å². The Morgan fingerprint density at radius 2 is 1.32 bits per heavy atom. The van der Waals surface area contributed by atoms with Crippen LogP contribution in [0.5, 0.6) is 0 Å². The Balaban J connectivity index is 1.34. The van der Waals surface area contributed by atoms with Crippen LogP contribution in [0.3, 0.4) is 0 Å². The highest BCUT2D eigenvalue weighted by Gasteiger charge is 2.66. The van der Waals surface area contributed by atoms with Crippen LogP contribution in [0.15, 0.2) is 15.3 Å². The van der Waals surface area contributed by atoms with Gasteiger partial charge >= 0.3 is 6.09 Å². The van der Waals surface area contributed by atoms with E-state index in [0.717, 1.165) is 103 Å². The van der Waals surface area contributed by atoms with Gasteiger partial charge in [-0.15, -0.1) is 0 Å². The van der Waals surface area contributed by atoms with Crippen molar-refractivity contribution in [3.63, 3.8) is 0 Å². The van der Waals surface area contributed by atoms with Crippen molar-refractivity contribution >= 4 is 6.09 Å². The number of alkyl carbamates (subject to hydrolysis) is 1. The highest BCUT2D eigenvalue weighted by molar-refractivity contribution is 5.67. The average molecular weight is 871 g/mol. The van der Waals surface area contributed by atoms with E-state index in [1.807, 2.05) is 20.8 Å². The van der Waals surface area contributed by atoms with Crippen molar-refractivity contribution < 1.29 is 23.7 Å². The molecular formula is C45H82N12O5. The van der Waals surface area contributed by atoms with E-state index in [1.165, 1.54) is 19.3 Å². The van der Waals surface area contributed by atoms with Gasteiger partial charge in [-0.3, -0.25) is 0 Å². The van der Waals surface area contributed by atoms with Gasteiger partial charge in [-0.05, 0) is 201 Å². The summed E-state index contributed by atoms with van der Waals surface area (Å²) < 4.78 is 25.7. The number of azide groups is 3. The largest absolute Gasteiger partial charge is 0.444 e. The molecule has 1 amide bonds. The second-order valence-electron chi connectivity index (χ2n) is 20.1. The Morgan fingerprint density at radius 1 is 0.726 bits per heavy atom. The van der Waals surface area contributed by atoms with Crippen molar-refractivity contribution in [3.05, 3.63) is 31.3 Å². The number of hydrogen-bond acceptors (Lipinski definition) is 10. The molecule has 0 aromatic rings. The fourth-order valence-electron chi connectivity index (χ4n) is 12.1. The quantitative estimate of drug-likeness (QED) is 0.0284. The molecule has 17 heteroatoms. The summed E-state index contributed by atoms with van der Waals surface area (Å²) in [5.41, 5.74) is 26.2. The van der Waals surface area contributed by atoms with Crippen LogP contribution in [0.2, 0.25) is 0 Å². The summed E-state index contributed by atoms with van der Waals surface area (Å²) in [5, 5.41) is 21.3. The van der Waals surface area contributed by atoms with Crippen LogP contribution in [0, 0.1) is 46.3 Å². The molecule has 4 aliphatic carbocycles. The molecule has 0 heterocycles. The summed E-state index contributed by atoms with van der Waals surface area (Å²) in [6, 6.07) is 0. The summed E-state index contributed by atoms with van der Waals surface area (Å²) in [4.78, 5) is 20.6. The van der Waals surface area contributed by atoms with E-state index in [4.69, 9.17) is 35.5 Å². The number of amides is 1. The minimum absolute atomic E-state index is 0.00737. The van der Waals surface area contributed by atoms with Crippen molar-refractivity contribution in [1.82, 2.24) is 16.0 Å². The topological polar surface area (TPSA) is 236 Å². The Bertz CT molecular complexity index is 1480. The summed E-state index contributed by atoms with van der Waals surface area (Å²) in [6.45, 7) is 20.8. The normalized spacial score (nSPS) is 30.7. The molecule has 4 aliphatic rings. The fraction of sp³-hybridized carbons (Fsp3) is 0.978. The lowest BCUT2D eigenvalue weighted by molar-refractivity contribution is -0.227. The molecule has 0 bridgehead atoms. The molecule has 62 heavy (non-hydrogen) atoms. The molecule has 352 valence electrons. The van der Waals surface area contributed by atoms with Gasteiger partial charge in [0.1, 0.15) is 5.60 Å². The maximum atomic E-state index is 11.8. The van der Waals surface area contributed by atoms with Gasteiger partial charge in [0.15, 0.2) is 0 Å². The van der Waals surface area contributed by atoms with Crippen LogP contribution in [0.1, 0.15) is 138 Å². The first kappa shape index (κ1) is 51.6. The first-order valence-corrected chi connectivity index (χ1v) is 24.1. The summed E-state index contributed by atoms with van der Waals surface area (Å²) in [5.74, 6) is 2.96. The Kier molecular flexibility index (Phi) is 22.2. The predicted octanol–water partition coefficient (Wildman–Crippen LogP) is 10.4. The van der Waals surface area contributed by atoms with E-state index in [-0.39, 0.29) is 35.2 Å². The second-order valence-corrected chi connectivity index (χ2v) is 20.1. The fourth-order valence-corrected chi connectivity index (χ4v) is 12.1. The third-order valence-electron chi connectivity index (χ3n) is 15.0. The molecule has 5 unspecified atom stereocenters. The second kappa shape index (κ2) is 26.7. The van der Waals surface area contributed by atoms with Crippen molar-refractivity contribution in [2.24, 2.45) is 61.7 Å². The SMILES string of the molecule is C[C@H](CCCNCCCCNCCCNC(=O)OC(C)(C)C)C1CC[C@H]2C3C(OCCCN=[N+]=[N-])CC4C[C@H](OCCCN=[N+]=[N-])CC[C@]4(C)[C@H]3CC(OCCCN=[N+]=[N-])[C@]12C. The molecule has 4 rings (SSSR count). The number of unbranched alkanes of at least 4 members (excludes halogenated alkanes) is 1. The number of carbonyl (C=O) groups is 1. The van der Waals surface area contributed by atoms with E-state index in [9.17, 15) is 4.79 Å². The third kappa shape index (κ3) is 15.3. The van der Waals surface area contributed by atoms with Gasteiger partial charge in [0.2, 0.25) is 0 Å². The maximum Gasteiger partial charge on any atom is 0.407 e. The number of ether oxygens (including phenoxy) is 4. The molecule has 0 saturated heterocycles. The number of nitrogens with one attached hydrogen (secondary N) is 3. The molecule has 0 spiro atoms. The van der Waals surface area contributed by atoms with Crippen LogP contribution in [0.25, 0.3) is 31.3 Å². The van der Waals surface area contributed by atoms with E-state index in [2.05, 4.69) is 66.8 Å². The van der Waals surface area contributed by atoms with Crippen LogP contribution in [-0.4, -0.2) is 102 Å². The van der Waals surface area contributed by atoms with Gasteiger partial charge < -0.3 is 34.9 Å². The summed E-state index contributed by atoms with van der Waals surface area (Å²) in [6.07, 6.45) is 15.3. The minimum atomic E-state index is -0.477. The first-order chi connectivity index (χ1) is 29.9. The molecule has 4 saturated carbocycles. The average Bonchev–Trinajstić information content (AvgIpc) is 3.59. The van der Waals surface area contributed by atoms with E-state index < -0.39 is 5.60 Å². The lowest BCUT2D eigenvalue weighted by Gasteiger charge is -2.65. The smallest absolute Gasteiger partial charge is 0.407 e. The zero-order chi connectivity index (χ0) is 44.9. The molecular weight excluding hydrogens is 789 g/mol. The summed E-state index contributed by atoms with van der Waals surface area (Å²) >= 11 is 0. The molecule has 0 aliphatic heterocycles. The Labute approximate surface area is 371 Å². The van der Waals surface area contributed by atoms with E-state index >= 15 is 0 Å². The van der Waals surface area contributed by atoms with Gasteiger partial charge in [0.05, 0.1) is 18.3 Å². The standard InChI is InChI=1S/C45H82N12O5/c1-33(14-9-21-49-19-7-8-20-50-22-10-23-51-42(58)62-43(2,3)4)36-15-16-37-41-38(32-40(45(36,37)6)61-29-13-26-54-57-48)44(5)18-17-35(59-27-11-24-52-55-46)30-34(44)31-39(41)60-28-12-25-53-56-47/h33-41,49-50H,7-32H2,1-6H3,(H,51,58)/t33-,34?,35-,36?,37+,38+,39?,40?,41?,44+,45-/m1/s1. The highest BCUT2D eigenvalue weighted by Crippen LogP contribution is 2.69. The number of fused-ring (bicyclic) bond motifs is 5. The molecule has 0 aromatic carbocycles. The van der Waals surface area contributed by atoms with Gasteiger partial charge in [-0.25, -0.2) is 4.79 Å². The van der Waals surface area contributed by atoms with Crippen LogP contribution in [-0.2, 0) is 18.9 Å². The lowest BCUT2D eigenvalue weighted by atomic mass is 9.43. The van der Waals surface area contributed by atoms with Gasteiger partial charge in [-0.2, -0.15) is 0 Å². The Hall–Kier alpha value is -3.00. The monoisotopic (exact) mass is 871 g/mol. The highest BCUT2D eigenvalue weighted by atomic mass is 16.6. The first-order valence-electron chi connectivity index (χ1n) is 24.1. The molecule has 4 fully saturated rings. The summed E-state index contributed by atoms with van der Waals surface area (Å²) in [7, 11) is 0. The zero-order valence-corrected chi connectivity index (χ0v) is 39.1. The number of carbonyl (C=O) groups excluding carboxylic acids is 1. The zero-order valence-electron chi connectivity index (χ0n) is 39.1. The van der Waals surface area contributed by atoms with Crippen molar-refractivity contribution in [1.29, 1.82) is 0 Å². The van der Waals surface area contributed by atoms with Crippen molar-refractivity contribution in [3.8, 4) is 0 Å². The van der Waals surface area contributed by atoms with Gasteiger partial charge in [0, 0.05) is 66.1 Å². The molecule has 3 N–H and O–H groups in total. The third-order valence-corrected chi connectivity index (χ3v) is 15.0. The Morgan fingerprint density at radius 3 is 1.95 bits per heavy atom. The predicted molar refractivity (Wildman–Crippen MR) is 243 cm³/mol. The van der Waals surface area contributed by atoms with Gasteiger partial charge in [-0.1, -0.05) is 36.1 Å². The molecule has 11 atom stereocenters.